The summed E-state index contributed by atoms with van der Waals surface area (Å²) in [7, 11) is 0. The first-order valence-electron chi connectivity index (χ1n) is 8.15. The second-order valence-electron chi connectivity index (χ2n) is 5.81. The first-order chi connectivity index (χ1) is 12.7. The van der Waals surface area contributed by atoms with Gasteiger partial charge in [0.05, 0.1) is 16.6 Å². The highest BCUT2D eigenvalue weighted by Crippen LogP contribution is 2.13. The highest BCUT2D eigenvalue weighted by Gasteiger charge is 2.10. The molecule has 0 aliphatic heterocycles. The average Bonchev–Trinajstić information content (AvgIpc) is 2.69. The number of fused-ring (bicyclic) bond motifs is 1. The number of rotatable bonds is 3. The lowest BCUT2D eigenvalue weighted by molar-refractivity contribution is 0.102. The fourth-order valence-electron chi connectivity index (χ4n) is 2.77. The Hall–Kier alpha value is -3.73. The molecule has 4 rings (SSSR count). The Morgan fingerprint density at radius 1 is 0.885 bits per heavy atom. The summed E-state index contributed by atoms with van der Waals surface area (Å²) in [6, 6.07) is 23.3. The summed E-state index contributed by atoms with van der Waals surface area (Å²) in [5.74, 6) is -0.236. The number of hydrogen-bond acceptors (Lipinski definition) is 3. The lowest BCUT2D eigenvalue weighted by atomic mass is 10.1. The van der Waals surface area contributed by atoms with E-state index in [1.54, 1.807) is 42.5 Å². The third-order valence-electron chi connectivity index (χ3n) is 4.08. The number of anilines is 1. The van der Waals surface area contributed by atoms with E-state index in [1.165, 1.54) is 10.9 Å². The maximum absolute atomic E-state index is 12.7. The number of amides is 1. The van der Waals surface area contributed by atoms with E-state index in [0.717, 1.165) is 0 Å². The van der Waals surface area contributed by atoms with Gasteiger partial charge in [-0.3, -0.25) is 14.2 Å². The van der Waals surface area contributed by atoms with Crippen molar-refractivity contribution in [3.8, 4) is 5.69 Å². The summed E-state index contributed by atoms with van der Waals surface area (Å²) >= 11 is 0. The molecule has 1 aromatic heterocycles. The first-order valence-corrected chi connectivity index (χ1v) is 8.15. The van der Waals surface area contributed by atoms with Crippen LogP contribution in [0.4, 0.5) is 5.69 Å². The molecule has 0 aliphatic rings. The van der Waals surface area contributed by atoms with Crippen LogP contribution in [-0.4, -0.2) is 15.5 Å². The Balaban J connectivity index is 1.71. The van der Waals surface area contributed by atoms with Gasteiger partial charge >= 0.3 is 0 Å². The van der Waals surface area contributed by atoms with Crippen molar-refractivity contribution in [2.45, 2.75) is 0 Å². The number of benzene rings is 3. The van der Waals surface area contributed by atoms with Gasteiger partial charge in [-0.15, -0.1) is 0 Å². The van der Waals surface area contributed by atoms with Gasteiger partial charge in [-0.25, -0.2) is 4.98 Å². The molecular weight excluding hydrogens is 326 g/mol. The maximum atomic E-state index is 12.7. The maximum Gasteiger partial charge on any atom is 0.265 e. The van der Waals surface area contributed by atoms with Crippen LogP contribution < -0.4 is 10.9 Å². The van der Waals surface area contributed by atoms with Gasteiger partial charge in [0.25, 0.3) is 11.5 Å². The number of aromatic nitrogens is 2. The van der Waals surface area contributed by atoms with Crippen molar-refractivity contribution in [2.24, 2.45) is 0 Å². The average molecular weight is 341 g/mol. The van der Waals surface area contributed by atoms with Gasteiger partial charge in [-0.2, -0.15) is 0 Å². The Bertz CT molecular complexity index is 1150. The zero-order valence-electron chi connectivity index (χ0n) is 13.8. The van der Waals surface area contributed by atoms with Gasteiger partial charge in [0.15, 0.2) is 0 Å². The van der Waals surface area contributed by atoms with Crippen molar-refractivity contribution in [1.82, 2.24) is 9.55 Å². The molecule has 0 bridgehead atoms. The van der Waals surface area contributed by atoms with Crippen LogP contribution in [0.25, 0.3) is 16.6 Å². The smallest absolute Gasteiger partial charge is 0.265 e. The number of carbonyl (C=O) groups is 1. The SMILES string of the molecule is O=C(Nc1ccccc1)c1cccc(-n2cnc3ccccc3c2=O)c1. The van der Waals surface area contributed by atoms with E-state index in [2.05, 4.69) is 10.3 Å². The molecule has 0 unspecified atom stereocenters. The number of nitrogens with zero attached hydrogens (tertiary/aromatic N) is 2. The topological polar surface area (TPSA) is 64.0 Å². The summed E-state index contributed by atoms with van der Waals surface area (Å²) in [6.45, 7) is 0. The Labute approximate surface area is 149 Å². The molecule has 1 amide bonds. The lowest BCUT2D eigenvalue weighted by Crippen LogP contribution is -2.19. The zero-order valence-corrected chi connectivity index (χ0v) is 13.8. The predicted molar refractivity (Wildman–Crippen MR) is 102 cm³/mol. The van der Waals surface area contributed by atoms with Crippen molar-refractivity contribution < 1.29 is 4.79 Å². The van der Waals surface area contributed by atoms with E-state index in [4.69, 9.17) is 0 Å². The van der Waals surface area contributed by atoms with Crippen molar-refractivity contribution >= 4 is 22.5 Å². The zero-order chi connectivity index (χ0) is 17.9. The Morgan fingerprint density at radius 3 is 2.50 bits per heavy atom. The highest BCUT2D eigenvalue weighted by atomic mass is 16.1. The van der Waals surface area contributed by atoms with Crippen molar-refractivity contribution in [3.05, 3.63) is 101 Å². The molecule has 0 fully saturated rings. The number of carbonyl (C=O) groups excluding carboxylic acids is 1. The molecule has 4 aromatic rings. The molecule has 5 heteroatoms. The van der Waals surface area contributed by atoms with Crippen LogP contribution >= 0.6 is 0 Å². The Kier molecular flexibility index (Phi) is 4.03. The third kappa shape index (κ3) is 2.98. The summed E-state index contributed by atoms with van der Waals surface area (Å²) in [5, 5.41) is 3.38. The van der Waals surface area contributed by atoms with Gasteiger partial charge in [0.1, 0.15) is 6.33 Å². The second-order valence-corrected chi connectivity index (χ2v) is 5.81. The van der Waals surface area contributed by atoms with E-state index in [0.29, 0.717) is 27.8 Å². The quantitative estimate of drug-likeness (QED) is 0.619. The molecule has 0 atom stereocenters. The van der Waals surface area contributed by atoms with Crippen LogP contribution in [0.5, 0.6) is 0 Å². The van der Waals surface area contributed by atoms with Crippen molar-refractivity contribution in [2.75, 3.05) is 5.32 Å². The summed E-state index contributed by atoms with van der Waals surface area (Å²) < 4.78 is 1.45. The molecule has 0 saturated heterocycles. The van der Waals surface area contributed by atoms with Gasteiger partial charge in [0.2, 0.25) is 0 Å². The molecule has 0 spiro atoms. The van der Waals surface area contributed by atoms with Gasteiger partial charge < -0.3 is 5.32 Å². The summed E-state index contributed by atoms with van der Waals surface area (Å²) in [6.07, 6.45) is 1.49. The van der Waals surface area contributed by atoms with Crippen molar-refractivity contribution in [1.29, 1.82) is 0 Å². The number of hydrogen-bond donors (Lipinski definition) is 1. The van der Waals surface area contributed by atoms with E-state index < -0.39 is 0 Å². The largest absolute Gasteiger partial charge is 0.322 e. The van der Waals surface area contributed by atoms with Crippen LogP contribution in [-0.2, 0) is 0 Å². The van der Waals surface area contributed by atoms with E-state index in [9.17, 15) is 9.59 Å². The molecule has 0 radical (unpaired) electrons. The molecule has 0 saturated carbocycles. The van der Waals surface area contributed by atoms with Crippen LogP contribution in [0.3, 0.4) is 0 Å². The predicted octanol–water partition coefficient (Wildman–Crippen LogP) is 3.64. The van der Waals surface area contributed by atoms with E-state index in [-0.39, 0.29) is 11.5 Å². The standard InChI is InChI=1S/C21H15N3O2/c25-20(23-16-8-2-1-3-9-16)15-7-6-10-17(13-15)24-14-22-19-12-5-4-11-18(19)21(24)26/h1-14H,(H,23,25). The molecule has 3 aromatic carbocycles. The Morgan fingerprint density at radius 2 is 1.65 bits per heavy atom. The molecule has 1 N–H and O–H groups in total. The van der Waals surface area contributed by atoms with E-state index >= 15 is 0 Å². The fourth-order valence-corrected chi connectivity index (χ4v) is 2.77. The monoisotopic (exact) mass is 341 g/mol. The molecule has 26 heavy (non-hydrogen) atoms. The first kappa shape index (κ1) is 15.8. The molecular formula is C21H15N3O2. The third-order valence-corrected chi connectivity index (χ3v) is 4.08. The molecule has 0 aliphatic carbocycles. The van der Waals surface area contributed by atoms with Crippen LogP contribution in [0.15, 0.2) is 90.0 Å². The molecule has 126 valence electrons. The minimum atomic E-state index is -0.236. The van der Waals surface area contributed by atoms with Crippen LogP contribution in [0.1, 0.15) is 10.4 Å². The van der Waals surface area contributed by atoms with Gasteiger partial charge in [0, 0.05) is 11.3 Å². The fraction of sp³-hybridized carbons (Fsp3) is 0. The highest BCUT2D eigenvalue weighted by molar-refractivity contribution is 6.04. The van der Waals surface area contributed by atoms with Crippen molar-refractivity contribution in [3.63, 3.8) is 0 Å². The minimum absolute atomic E-state index is 0.170. The summed E-state index contributed by atoms with van der Waals surface area (Å²) in [5.41, 5.74) is 2.25. The molecule has 1 heterocycles. The number of para-hydroxylation sites is 2. The second kappa shape index (κ2) is 6.64. The lowest BCUT2D eigenvalue weighted by Gasteiger charge is -2.09. The number of nitrogens with one attached hydrogen (secondary N) is 1. The van der Waals surface area contributed by atoms with E-state index in [1.807, 2.05) is 36.4 Å². The molecule has 5 nitrogen and oxygen atoms in total. The summed E-state index contributed by atoms with van der Waals surface area (Å²) in [4.78, 5) is 29.5. The van der Waals surface area contributed by atoms with Crippen LogP contribution in [0.2, 0.25) is 0 Å². The van der Waals surface area contributed by atoms with Gasteiger partial charge in [-0.05, 0) is 42.5 Å². The normalized spacial score (nSPS) is 10.6. The minimum Gasteiger partial charge on any atom is -0.322 e. The van der Waals surface area contributed by atoms with Gasteiger partial charge in [-0.1, -0.05) is 36.4 Å². The van der Waals surface area contributed by atoms with Crippen LogP contribution in [0, 0.1) is 0 Å².